The summed E-state index contributed by atoms with van der Waals surface area (Å²) in [6.45, 7) is 4.91. The van der Waals surface area contributed by atoms with Crippen molar-refractivity contribution in [2.24, 2.45) is 0 Å². The number of esters is 1. The summed E-state index contributed by atoms with van der Waals surface area (Å²) in [7, 11) is 0. The molecule has 72 heavy (non-hydrogen) atoms. The van der Waals surface area contributed by atoms with E-state index in [2.05, 4.69) is 43.5 Å². The molecule has 0 saturated heterocycles. The molecular weight excluding hydrogens is 887 g/mol. The number of carbonyl (C=O) groups excluding carboxylic acids is 2. The molecule has 6 nitrogen and oxygen atoms in total. The number of ether oxygens (including phenoxy) is 1. The van der Waals surface area contributed by atoms with Gasteiger partial charge in [0.25, 0.3) is 0 Å². The van der Waals surface area contributed by atoms with Crippen LogP contribution in [0.15, 0.2) is 36.5 Å². The van der Waals surface area contributed by atoms with Crippen LogP contribution in [0.2, 0.25) is 0 Å². The van der Waals surface area contributed by atoms with E-state index >= 15 is 0 Å². The number of hydrogen-bond donors (Lipinski definition) is 3. The zero-order chi connectivity index (χ0) is 52.2. The molecule has 0 rings (SSSR count). The van der Waals surface area contributed by atoms with Gasteiger partial charge in [0.05, 0.1) is 25.4 Å². The van der Waals surface area contributed by atoms with E-state index < -0.39 is 12.1 Å². The van der Waals surface area contributed by atoms with Gasteiger partial charge in [-0.2, -0.15) is 0 Å². The largest absolute Gasteiger partial charge is 0.466 e. The molecule has 0 spiro atoms. The van der Waals surface area contributed by atoms with Crippen LogP contribution >= 0.6 is 0 Å². The lowest BCUT2D eigenvalue weighted by Crippen LogP contribution is -2.45. The molecule has 0 aromatic carbocycles. The van der Waals surface area contributed by atoms with Crippen molar-refractivity contribution in [1.82, 2.24) is 5.32 Å². The molecule has 3 N–H and O–H groups in total. The van der Waals surface area contributed by atoms with Crippen molar-refractivity contribution < 1.29 is 24.5 Å². The van der Waals surface area contributed by atoms with Crippen LogP contribution in [0.4, 0.5) is 0 Å². The third-order valence-electron chi connectivity index (χ3n) is 14.9. The van der Waals surface area contributed by atoms with Gasteiger partial charge in [0, 0.05) is 12.8 Å². The standard InChI is InChI=1S/C66H125NO5/c1-3-5-7-9-11-13-15-17-19-27-31-34-38-42-46-50-54-58-64(69)63(62-68)67-65(70)59-55-51-47-43-39-35-32-28-25-23-21-20-22-24-26-29-33-37-41-45-49-53-57-61-72-66(71)60-56-52-48-44-40-36-30-18-16-14-12-10-8-6-4-2/h18,23,25,30,54,58,63-64,68-69H,3-17,19-22,24,26-29,31-53,55-57,59-62H2,1-2H3,(H,67,70)/b25-23-,30-18-,58-54+. The molecule has 0 radical (unpaired) electrons. The number of nitrogens with one attached hydrogen (secondary N) is 1. The van der Waals surface area contributed by atoms with Gasteiger partial charge in [0.1, 0.15) is 0 Å². The maximum absolute atomic E-state index is 12.5. The minimum atomic E-state index is -0.849. The predicted octanol–water partition coefficient (Wildman–Crippen LogP) is 20.4. The quantitative estimate of drug-likeness (QED) is 0.0320. The highest BCUT2D eigenvalue weighted by molar-refractivity contribution is 5.76. The van der Waals surface area contributed by atoms with E-state index in [0.29, 0.717) is 19.4 Å². The van der Waals surface area contributed by atoms with Gasteiger partial charge in [-0.15, -0.1) is 0 Å². The van der Waals surface area contributed by atoms with Crippen LogP contribution in [0.5, 0.6) is 0 Å². The van der Waals surface area contributed by atoms with E-state index in [4.69, 9.17) is 4.74 Å². The average molecular weight is 1010 g/mol. The Labute approximate surface area is 449 Å². The first-order valence-electron chi connectivity index (χ1n) is 32.3. The van der Waals surface area contributed by atoms with Crippen LogP contribution in [0.1, 0.15) is 348 Å². The molecule has 0 aliphatic carbocycles. The molecule has 0 aliphatic heterocycles. The summed E-state index contributed by atoms with van der Waals surface area (Å²) in [5.74, 6) is -0.0693. The van der Waals surface area contributed by atoms with Crippen molar-refractivity contribution in [3.63, 3.8) is 0 Å². The Balaban J connectivity index is 3.44. The topological polar surface area (TPSA) is 95.9 Å². The molecule has 0 heterocycles. The fourth-order valence-electron chi connectivity index (χ4n) is 9.92. The normalized spacial score (nSPS) is 12.8. The molecule has 6 heteroatoms. The zero-order valence-corrected chi connectivity index (χ0v) is 48.4. The van der Waals surface area contributed by atoms with Crippen molar-refractivity contribution >= 4 is 11.9 Å². The summed E-state index contributed by atoms with van der Waals surface area (Å²) < 4.78 is 5.48. The zero-order valence-electron chi connectivity index (χ0n) is 48.4. The third-order valence-corrected chi connectivity index (χ3v) is 14.9. The molecule has 0 aliphatic rings. The first-order valence-corrected chi connectivity index (χ1v) is 32.3. The Morgan fingerprint density at radius 1 is 0.375 bits per heavy atom. The minimum Gasteiger partial charge on any atom is -0.466 e. The van der Waals surface area contributed by atoms with Crippen molar-refractivity contribution in [1.29, 1.82) is 0 Å². The summed E-state index contributed by atoms with van der Waals surface area (Å²) in [5.41, 5.74) is 0. The molecule has 2 atom stereocenters. The molecule has 0 aromatic heterocycles. The van der Waals surface area contributed by atoms with E-state index in [9.17, 15) is 19.8 Å². The van der Waals surface area contributed by atoms with Gasteiger partial charge in [-0.1, -0.05) is 288 Å². The summed E-state index contributed by atoms with van der Waals surface area (Å²) in [5, 5.41) is 23.2. The Bertz CT molecular complexity index is 1170. The highest BCUT2D eigenvalue weighted by Crippen LogP contribution is 2.17. The minimum absolute atomic E-state index is 0.00319. The van der Waals surface area contributed by atoms with Crippen LogP contribution in [-0.2, 0) is 14.3 Å². The fourth-order valence-corrected chi connectivity index (χ4v) is 9.92. The second-order valence-corrected chi connectivity index (χ2v) is 22.1. The number of rotatable bonds is 60. The van der Waals surface area contributed by atoms with Gasteiger partial charge in [-0.25, -0.2) is 0 Å². The second kappa shape index (κ2) is 61.6. The summed E-state index contributed by atoms with van der Waals surface area (Å²) >= 11 is 0. The van der Waals surface area contributed by atoms with Crippen LogP contribution in [0.3, 0.4) is 0 Å². The molecular formula is C66H125NO5. The number of unbranched alkanes of at least 4 members (excludes halogenated alkanes) is 45. The smallest absolute Gasteiger partial charge is 0.305 e. The number of aliphatic hydroxyl groups is 2. The number of allylic oxidation sites excluding steroid dienone is 5. The van der Waals surface area contributed by atoms with Gasteiger partial charge in [-0.3, -0.25) is 9.59 Å². The van der Waals surface area contributed by atoms with E-state index in [1.165, 1.54) is 270 Å². The monoisotopic (exact) mass is 1010 g/mol. The summed E-state index contributed by atoms with van der Waals surface area (Å²) in [4.78, 5) is 24.5. The van der Waals surface area contributed by atoms with Crippen molar-refractivity contribution in [2.45, 2.75) is 360 Å². The van der Waals surface area contributed by atoms with E-state index in [1.54, 1.807) is 6.08 Å². The van der Waals surface area contributed by atoms with E-state index in [1.807, 2.05) is 6.08 Å². The Morgan fingerprint density at radius 3 is 0.986 bits per heavy atom. The Kier molecular flexibility index (Phi) is 60.0. The lowest BCUT2D eigenvalue weighted by molar-refractivity contribution is -0.143. The van der Waals surface area contributed by atoms with Crippen LogP contribution in [0.25, 0.3) is 0 Å². The van der Waals surface area contributed by atoms with Crippen LogP contribution in [-0.4, -0.2) is 47.4 Å². The molecule has 0 bridgehead atoms. The van der Waals surface area contributed by atoms with Gasteiger partial charge in [0.2, 0.25) is 5.91 Å². The molecule has 0 saturated carbocycles. The SMILES string of the molecule is CCCCCCCC/C=C\CCCCCCCC(=O)OCCCCCCCCCCCCCC/C=C\CCCCCCCCCC(=O)NC(CO)C(O)/C=C/CCCCCCCCCCCCCCCCC. The lowest BCUT2D eigenvalue weighted by atomic mass is 10.0. The molecule has 0 aromatic rings. The average Bonchev–Trinajstić information content (AvgIpc) is 3.38. The maximum Gasteiger partial charge on any atom is 0.305 e. The predicted molar refractivity (Wildman–Crippen MR) is 315 cm³/mol. The number of hydrogen-bond acceptors (Lipinski definition) is 5. The molecule has 2 unspecified atom stereocenters. The number of amides is 1. The van der Waals surface area contributed by atoms with Crippen molar-refractivity contribution in [3.8, 4) is 0 Å². The summed E-state index contributed by atoms with van der Waals surface area (Å²) in [6, 6.07) is -0.633. The van der Waals surface area contributed by atoms with E-state index in [-0.39, 0.29) is 18.5 Å². The molecule has 0 fully saturated rings. The van der Waals surface area contributed by atoms with Gasteiger partial charge in [0.15, 0.2) is 0 Å². The number of aliphatic hydroxyl groups excluding tert-OH is 2. The van der Waals surface area contributed by atoms with Gasteiger partial charge >= 0.3 is 5.97 Å². The second-order valence-electron chi connectivity index (χ2n) is 22.1. The first-order chi connectivity index (χ1) is 35.5. The van der Waals surface area contributed by atoms with Gasteiger partial charge < -0.3 is 20.3 Å². The number of carbonyl (C=O) groups is 2. The Morgan fingerprint density at radius 2 is 0.653 bits per heavy atom. The maximum atomic E-state index is 12.5. The lowest BCUT2D eigenvalue weighted by Gasteiger charge is -2.20. The highest BCUT2D eigenvalue weighted by atomic mass is 16.5. The fraction of sp³-hybridized carbons (Fsp3) is 0.879. The summed E-state index contributed by atoms with van der Waals surface area (Å²) in [6.07, 6.45) is 77.6. The van der Waals surface area contributed by atoms with E-state index in [0.717, 1.165) is 51.4 Å². The van der Waals surface area contributed by atoms with Crippen molar-refractivity contribution in [3.05, 3.63) is 36.5 Å². The Hall–Kier alpha value is -1.92. The van der Waals surface area contributed by atoms with Crippen LogP contribution in [0, 0.1) is 0 Å². The van der Waals surface area contributed by atoms with Gasteiger partial charge in [-0.05, 0) is 83.5 Å². The first kappa shape index (κ1) is 70.1. The van der Waals surface area contributed by atoms with Crippen molar-refractivity contribution in [2.75, 3.05) is 13.2 Å². The highest BCUT2D eigenvalue weighted by Gasteiger charge is 2.18. The third kappa shape index (κ3) is 57.4. The van der Waals surface area contributed by atoms with Crippen LogP contribution < -0.4 is 5.32 Å². The molecule has 424 valence electrons. The molecule has 1 amide bonds.